The predicted molar refractivity (Wildman–Crippen MR) is 98.3 cm³/mol. The van der Waals surface area contributed by atoms with E-state index in [4.69, 9.17) is 0 Å². The zero-order chi connectivity index (χ0) is 21.4. The average Bonchev–Trinajstić information content (AvgIpc) is 3.08. The van der Waals surface area contributed by atoms with Crippen molar-refractivity contribution in [2.24, 2.45) is 17.3 Å². The van der Waals surface area contributed by atoms with E-state index in [0.29, 0.717) is 0 Å². The van der Waals surface area contributed by atoms with Crippen LogP contribution in [0.3, 0.4) is 0 Å². The number of carbonyl (C=O) groups excluding carboxylic acids is 2. The predicted octanol–water partition coefficient (Wildman–Crippen LogP) is 4.60. The molecule has 2 N–H and O–H groups in total. The van der Waals surface area contributed by atoms with Gasteiger partial charge in [0.2, 0.25) is 5.91 Å². The average molecular weight is 400 g/mol. The number of hydrogen-bond donors (Lipinski definition) is 2. The molecule has 0 aromatic heterocycles. The molecule has 0 spiro atoms. The Balaban J connectivity index is 2.20. The molecule has 0 saturated heterocycles. The maximum Gasteiger partial charge on any atom is 0.405 e. The zero-order valence-corrected chi connectivity index (χ0v) is 16.4. The van der Waals surface area contributed by atoms with Crippen molar-refractivity contribution in [3.63, 3.8) is 0 Å². The van der Waals surface area contributed by atoms with Crippen LogP contribution in [0.4, 0.5) is 23.2 Å². The molecule has 1 aliphatic rings. The first-order valence-electron chi connectivity index (χ1n) is 8.85. The van der Waals surface area contributed by atoms with Crippen molar-refractivity contribution in [1.82, 2.24) is 5.32 Å². The van der Waals surface area contributed by atoms with Crippen LogP contribution in [0.25, 0.3) is 0 Å². The van der Waals surface area contributed by atoms with Gasteiger partial charge in [0.1, 0.15) is 12.4 Å². The highest BCUT2D eigenvalue weighted by atomic mass is 19.4. The van der Waals surface area contributed by atoms with Crippen molar-refractivity contribution < 1.29 is 27.2 Å². The van der Waals surface area contributed by atoms with Gasteiger partial charge >= 0.3 is 6.18 Å². The number of nitrogens with one attached hydrogen (secondary N) is 2. The Labute approximate surface area is 161 Å². The number of allylic oxidation sites excluding steroid dienone is 2. The van der Waals surface area contributed by atoms with Gasteiger partial charge in [0.05, 0.1) is 5.92 Å². The summed E-state index contributed by atoms with van der Waals surface area (Å²) < 4.78 is 51.0. The maximum absolute atomic E-state index is 14.2. The molecule has 2 amide bonds. The second-order valence-electron chi connectivity index (χ2n) is 7.99. The number of anilines is 1. The van der Waals surface area contributed by atoms with Crippen molar-refractivity contribution in [3.8, 4) is 0 Å². The van der Waals surface area contributed by atoms with Crippen LogP contribution in [0.2, 0.25) is 0 Å². The third-order valence-electron chi connectivity index (χ3n) is 5.02. The Morgan fingerprint density at radius 3 is 2.36 bits per heavy atom. The first-order chi connectivity index (χ1) is 12.7. The number of carbonyl (C=O) groups is 2. The molecule has 0 bridgehead atoms. The number of amides is 2. The minimum absolute atomic E-state index is 0.0425. The monoisotopic (exact) mass is 400 g/mol. The number of hydrogen-bond acceptors (Lipinski definition) is 2. The molecular formula is C20H24F4N2O2. The Kier molecular flexibility index (Phi) is 5.92. The summed E-state index contributed by atoms with van der Waals surface area (Å²) in [5.41, 5.74) is 0.714. The van der Waals surface area contributed by atoms with Gasteiger partial charge in [0, 0.05) is 16.8 Å². The lowest BCUT2D eigenvalue weighted by Crippen LogP contribution is -2.33. The molecule has 0 aliphatic heterocycles. The van der Waals surface area contributed by atoms with Gasteiger partial charge in [-0.2, -0.15) is 13.2 Å². The lowest BCUT2D eigenvalue weighted by Gasteiger charge is -2.13. The molecule has 1 fully saturated rings. The third-order valence-corrected chi connectivity index (χ3v) is 5.02. The second kappa shape index (κ2) is 7.56. The summed E-state index contributed by atoms with van der Waals surface area (Å²) in [6.45, 7) is 7.68. The van der Waals surface area contributed by atoms with Crippen molar-refractivity contribution in [2.75, 3.05) is 11.9 Å². The van der Waals surface area contributed by atoms with Gasteiger partial charge in [-0.1, -0.05) is 25.5 Å². The first-order valence-corrected chi connectivity index (χ1v) is 8.85. The smallest absolute Gasteiger partial charge is 0.343 e. The highest BCUT2D eigenvalue weighted by Crippen LogP contribution is 2.59. The standard InChI is InChI=1S/C20H24F4N2O2/c1-10(2)6-13-16(19(13,4)5)18(28)26-15-8-12(7-14(21)11(15)3)17(27)25-9-20(22,23)24/h6-8,13,16H,9H2,1-5H3,(H,25,27)(H,26,28). The van der Waals surface area contributed by atoms with Crippen LogP contribution in [-0.4, -0.2) is 24.5 Å². The van der Waals surface area contributed by atoms with Gasteiger partial charge in [-0.05, 0) is 44.2 Å². The van der Waals surface area contributed by atoms with Crippen molar-refractivity contribution in [2.45, 2.75) is 40.8 Å². The van der Waals surface area contributed by atoms with Crippen LogP contribution in [0, 0.1) is 30.0 Å². The second-order valence-corrected chi connectivity index (χ2v) is 7.99. The third kappa shape index (κ3) is 4.91. The van der Waals surface area contributed by atoms with Crippen molar-refractivity contribution >= 4 is 17.5 Å². The number of rotatable bonds is 5. The fraction of sp³-hybridized carbons (Fsp3) is 0.500. The molecule has 2 atom stereocenters. The molecule has 8 heteroatoms. The molecule has 28 heavy (non-hydrogen) atoms. The Bertz CT molecular complexity index is 824. The van der Waals surface area contributed by atoms with Crippen LogP contribution in [-0.2, 0) is 4.79 Å². The topological polar surface area (TPSA) is 58.2 Å². The highest BCUT2D eigenvalue weighted by Gasteiger charge is 2.60. The summed E-state index contributed by atoms with van der Waals surface area (Å²) in [7, 11) is 0. The van der Waals surface area contributed by atoms with E-state index in [-0.39, 0.29) is 40.0 Å². The van der Waals surface area contributed by atoms with Crippen LogP contribution in [0.1, 0.15) is 43.6 Å². The Morgan fingerprint density at radius 2 is 1.82 bits per heavy atom. The molecule has 1 aromatic rings. The lowest BCUT2D eigenvalue weighted by atomic mass is 10.1. The van der Waals surface area contributed by atoms with Crippen molar-refractivity contribution in [1.29, 1.82) is 0 Å². The Morgan fingerprint density at radius 1 is 1.21 bits per heavy atom. The van der Waals surface area contributed by atoms with Crippen LogP contribution < -0.4 is 10.6 Å². The first kappa shape index (κ1) is 21.9. The molecule has 0 heterocycles. The maximum atomic E-state index is 14.2. The normalized spacial score (nSPS) is 20.3. The van der Waals surface area contributed by atoms with E-state index in [0.717, 1.165) is 11.6 Å². The summed E-state index contributed by atoms with van der Waals surface area (Å²) in [5, 5.41) is 4.32. The van der Waals surface area contributed by atoms with Crippen molar-refractivity contribution in [3.05, 3.63) is 40.7 Å². The fourth-order valence-corrected chi connectivity index (χ4v) is 3.28. The van der Waals surface area contributed by atoms with E-state index in [2.05, 4.69) is 5.32 Å². The molecule has 2 rings (SSSR count). The van der Waals surface area contributed by atoms with E-state index in [1.165, 1.54) is 13.0 Å². The van der Waals surface area contributed by atoms with Gasteiger partial charge in [0.25, 0.3) is 5.91 Å². The van der Waals surface area contributed by atoms with E-state index in [1.807, 2.05) is 33.8 Å². The van der Waals surface area contributed by atoms with E-state index in [9.17, 15) is 27.2 Å². The molecule has 154 valence electrons. The molecule has 1 aromatic carbocycles. The van der Waals surface area contributed by atoms with E-state index < -0.39 is 24.4 Å². The summed E-state index contributed by atoms with van der Waals surface area (Å²) in [5.74, 6) is -2.44. The summed E-state index contributed by atoms with van der Waals surface area (Å²) in [6, 6.07) is 2.04. The van der Waals surface area contributed by atoms with Gasteiger partial charge in [0.15, 0.2) is 0 Å². The van der Waals surface area contributed by atoms with E-state index >= 15 is 0 Å². The van der Waals surface area contributed by atoms with Gasteiger partial charge in [-0.3, -0.25) is 9.59 Å². The number of halogens is 4. The number of benzene rings is 1. The quantitative estimate of drug-likeness (QED) is 0.561. The van der Waals surface area contributed by atoms with Crippen LogP contribution in [0.15, 0.2) is 23.8 Å². The van der Waals surface area contributed by atoms with Crippen LogP contribution in [0.5, 0.6) is 0 Å². The van der Waals surface area contributed by atoms with E-state index in [1.54, 1.807) is 5.32 Å². The van der Waals surface area contributed by atoms with Gasteiger partial charge in [-0.15, -0.1) is 0 Å². The SMILES string of the molecule is CC(C)=CC1C(C(=O)Nc2cc(C(=O)NCC(F)(F)F)cc(F)c2C)C1(C)C. The molecule has 2 unspecified atom stereocenters. The molecule has 4 nitrogen and oxygen atoms in total. The molecule has 1 saturated carbocycles. The molecule has 1 aliphatic carbocycles. The molecule has 0 radical (unpaired) electrons. The van der Waals surface area contributed by atoms with Gasteiger partial charge in [-0.25, -0.2) is 4.39 Å². The lowest BCUT2D eigenvalue weighted by molar-refractivity contribution is -0.123. The summed E-state index contributed by atoms with van der Waals surface area (Å²) >= 11 is 0. The highest BCUT2D eigenvalue weighted by molar-refractivity contribution is 5.99. The largest absolute Gasteiger partial charge is 0.405 e. The number of alkyl halides is 3. The Hall–Kier alpha value is -2.38. The minimum atomic E-state index is -4.58. The fourth-order valence-electron chi connectivity index (χ4n) is 3.28. The minimum Gasteiger partial charge on any atom is -0.343 e. The van der Waals surface area contributed by atoms with Gasteiger partial charge < -0.3 is 10.6 Å². The van der Waals surface area contributed by atoms with Crippen LogP contribution >= 0.6 is 0 Å². The molecular weight excluding hydrogens is 376 g/mol. The summed E-state index contributed by atoms with van der Waals surface area (Å²) in [6.07, 6.45) is -2.56. The zero-order valence-electron chi connectivity index (χ0n) is 16.4. The summed E-state index contributed by atoms with van der Waals surface area (Å²) in [4.78, 5) is 24.6.